The number of hydrogen-bond acceptors (Lipinski definition) is 4. The van der Waals surface area contributed by atoms with Crippen LogP contribution in [0.5, 0.6) is 0 Å². The fourth-order valence-electron chi connectivity index (χ4n) is 6.62. The highest BCUT2D eigenvalue weighted by Crippen LogP contribution is 2.42. The Hall–Kier alpha value is -4.38. The molecule has 2 atom stereocenters. The molecule has 0 heterocycles. The van der Waals surface area contributed by atoms with E-state index in [2.05, 4.69) is 104 Å². The second-order valence-electron chi connectivity index (χ2n) is 16.1. The highest BCUT2D eigenvalue weighted by Gasteiger charge is 2.32. The molecule has 0 saturated heterocycles. The van der Waals surface area contributed by atoms with Crippen molar-refractivity contribution < 1.29 is 19.8 Å². The third-order valence-electron chi connectivity index (χ3n) is 9.45. The molecule has 292 valence electrons. The minimum atomic E-state index is -0.224. The molecule has 0 amide bonds. The molecular weight excluding hydrogens is 665 g/mol. The SMILES string of the molecule is CC1=C(/C=C/C(C)=C/C=C/C(C)=C/C=C/C=C(\C)C=O)C(C)(C)C[C@@H](O)C1.CC1=C(/C=C/C(C)=C/C=C/C(C)=C/C=C/C=C(\C)C=O)C(C)(C)C[C@H](O)C1. The highest BCUT2D eigenvalue weighted by molar-refractivity contribution is 5.73. The number of carbonyl (C=O) groups excluding carboxylic acids is 2. The molecule has 0 bridgehead atoms. The summed E-state index contributed by atoms with van der Waals surface area (Å²) in [6.07, 6.45) is 40.7. The second-order valence-corrected chi connectivity index (χ2v) is 16.1. The van der Waals surface area contributed by atoms with Gasteiger partial charge in [-0.15, -0.1) is 0 Å². The molecule has 4 heteroatoms. The van der Waals surface area contributed by atoms with Crippen molar-refractivity contribution in [3.8, 4) is 0 Å². The van der Waals surface area contributed by atoms with Crippen molar-refractivity contribution in [2.45, 2.75) is 121 Å². The van der Waals surface area contributed by atoms with E-state index >= 15 is 0 Å². The Bertz CT molecular complexity index is 1600. The van der Waals surface area contributed by atoms with Gasteiger partial charge in [0.2, 0.25) is 0 Å². The molecule has 2 N–H and O–H groups in total. The van der Waals surface area contributed by atoms with E-state index in [1.54, 1.807) is 26.0 Å². The number of aliphatic hydroxyl groups excluding tert-OH is 2. The van der Waals surface area contributed by atoms with Gasteiger partial charge in [0.1, 0.15) is 12.6 Å². The van der Waals surface area contributed by atoms with Crippen LogP contribution in [-0.2, 0) is 9.59 Å². The Kier molecular flexibility index (Phi) is 21.3. The van der Waals surface area contributed by atoms with Gasteiger partial charge in [0.05, 0.1) is 12.2 Å². The summed E-state index contributed by atoms with van der Waals surface area (Å²) in [5.41, 5.74) is 11.3. The maximum atomic E-state index is 10.5. The molecule has 0 spiro atoms. The Morgan fingerprint density at radius 1 is 0.481 bits per heavy atom. The first kappa shape index (κ1) is 47.6. The molecule has 0 aromatic heterocycles. The molecule has 0 aromatic carbocycles. The van der Waals surface area contributed by atoms with Crippen LogP contribution in [0.1, 0.15) is 109 Å². The minimum absolute atomic E-state index is 0.0106. The van der Waals surface area contributed by atoms with Crippen LogP contribution in [0, 0.1) is 10.8 Å². The Labute approximate surface area is 328 Å². The molecule has 4 nitrogen and oxygen atoms in total. The van der Waals surface area contributed by atoms with Crippen LogP contribution in [0.2, 0.25) is 0 Å². The third-order valence-corrected chi connectivity index (χ3v) is 9.45. The van der Waals surface area contributed by atoms with Crippen molar-refractivity contribution in [3.63, 3.8) is 0 Å². The normalized spacial score (nSPS) is 22.5. The topological polar surface area (TPSA) is 74.6 Å². The molecule has 0 aliphatic heterocycles. The standard InChI is InChI=1S/2C25H34O2/c2*1-19(10-7-8-11-21(3)18-26)12-9-13-20(2)14-15-24-22(4)16-23(27)17-25(24,5)6/h2*7-15,18,23,27H,16-17H2,1-6H3/b2*8-7+,12-9+,15-14+,19-10+,20-13+,21-11+/t2*23-/m10/s1. The van der Waals surface area contributed by atoms with Crippen molar-refractivity contribution in [3.05, 3.63) is 165 Å². The fourth-order valence-corrected chi connectivity index (χ4v) is 6.62. The van der Waals surface area contributed by atoms with Crippen LogP contribution in [0.15, 0.2) is 165 Å². The van der Waals surface area contributed by atoms with Gasteiger partial charge in [-0.1, -0.05) is 171 Å². The molecule has 0 aromatic rings. The smallest absolute Gasteiger partial charge is 0.145 e. The van der Waals surface area contributed by atoms with Crippen molar-refractivity contribution >= 4 is 12.6 Å². The van der Waals surface area contributed by atoms with Crippen molar-refractivity contribution in [1.29, 1.82) is 0 Å². The molecule has 54 heavy (non-hydrogen) atoms. The number of aldehydes is 2. The first-order valence-electron chi connectivity index (χ1n) is 19.1. The van der Waals surface area contributed by atoms with Gasteiger partial charge in [-0.05, 0) is 114 Å². The summed E-state index contributed by atoms with van der Waals surface area (Å²) in [4.78, 5) is 21.0. The Morgan fingerprint density at radius 2 is 0.759 bits per heavy atom. The summed E-state index contributed by atoms with van der Waals surface area (Å²) >= 11 is 0. The van der Waals surface area contributed by atoms with E-state index < -0.39 is 0 Å². The van der Waals surface area contributed by atoms with Gasteiger partial charge in [0, 0.05) is 0 Å². The molecule has 2 aliphatic rings. The van der Waals surface area contributed by atoms with Crippen molar-refractivity contribution in [2.24, 2.45) is 10.8 Å². The van der Waals surface area contributed by atoms with E-state index in [0.717, 1.165) is 49.4 Å². The van der Waals surface area contributed by atoms with E-state index in [1.165, 1.54) is 33.4 Å². The van der Waals surface area contributed by atoms with E-state index in [-0.39, 0.29) is 23.0 Å². The Morgan fingerprint density at radius 3 is 1.06 bits per heavy atom. The summed E-state index contributed by atoms with van der Waals surface area (Å²) in [6.45, 7) is 24.9. The quantitative estimate of drug-likeness (QED) is 0.106. The zero-order chi connectivity index (χ0) is 40.9. The van der Waals surface area contributed by atoms with Gasteiger partial charge in [0.15, 0.2) is 0 Å². The zero-order valence-electron chi connectivity index (χ0n) is 35.2. The van der Waals surface area contributed by atoms with Gasteiger partial charge in [0.25, 0.3) is 0 Å². The predicted octanol–water partition coefficient (Wildman–Crippen LogP) is 12.4. The van der Waals surface area contributed by atoms with Gasteiger partial charge >= 0.3 is 0 Å². The molecule has 2 rings (SSSR count). The predicted molar refractivity (Wildman–Crippen MR) is 233 cm³/mol. The summed E-state index contributed by atoms with van der Waals surface area (Å²) in [5.74, 6) is 0. The maximum absolute atomic E-state index is 10.5. The molecule has 0 saturated carbocycles. The summed E-state index contributed by atoms with van der Waals surface area (Å²) in [5, 5.41) is 20.0. The van der Waals surface area contributed by atoms with Crippen molar-refractivity contribution in [2.75, 3.05) is 0 Å². The van der Waals surface area contributed by atoms with Gasteiger partial charge in [-0.3, -0.25) is 9.59 Å². The summed E-state index contributed by atoms with van der Waals surface area (Å²) in [7, 11) is 0. The summed E-state index contributed by atoms with van der Waals surface area (Å²) < 4.78 is 0. The van der Waals surface area contributed by atoms with Crippen LogP contribution in [0.3, 0.4) is 0 Å². The molecule has 0 fully saturated rings. The average Bonchev–Trinajstić information content (AvgIpc) is 3.06. The number of aliphatic hydroxyl groups is 2. The lowest BCUT2D eigenvalue weighted by molar-refractivity contribution is -0.105. The third kappa shape index (κ3) is 19.1. The lowest BCUT2D eigenvalue weighted by atomic mass is 9.71. The first-order valence-corrected chi connectivity index (χ1v) is 19.1. The van der Waals surface area contributed by atoms with E-state index in [4.69, 9.17) is 0 Å². The number of rotatable bonds is 14. The molecule has 2 aliphatic carbocycles. The molecule has 0 unspecified atom stereocenters. The monoisotopic (exact) mass is 733 g/mol. The van der Waals surface area contributed by atoms with Crippen LogP contribution < -0.4 is 0 Å². The molecular formula is C50H68O4. The van der Waals surface area contributed by atoms with Crippen LogP contribution >= 0.6 is 0 Å². The lowest BCUT2D eigenvalue weighted by Crippen LogP contribution is -2.28. The highest BCUT2D eigenvalue weighted by atomic mass is 16.3. The summed E-state index contributed by atoms with van der Waals surface area (Å²) in [6, 6.07) is 0. The van der Waals surface area contributed by atoms with E-state index in [1.807, 2.05) is 62.5 Å². The van der Waals surface area contributed by atoms with Crippen LogP contribution in [0.4, 0.5) is 0 Å². The average molecular weight is 733 g/mol. The number of hydrogen-bond donors (Lipinski definition) is 2. The second kappa shape index (κ2) is 24.1. The van der Waals surface area contributed by atoms with Gasteiger partial charge in [-0.25, -0.2) is 0 Å². The zero-order valence-corrected chi connectivity index (χ0v) is 35.2. The first-order chi connectivity index (χ1) is 25.3. The lowest BCUT2D eigenvalue weighted by Gasteiger charge is -2.35. The maximum Gasteiger partial charge on any atom is 0.145 e. The fraction of sp³-hybridized carbons (Fsp3) is 0.400. The Balaban J connectivity index is 0.000000540. The van der Waals surface area contributed by atoms with Crippen LogP contribution in [-0.4, -0.2) is 35.0 Å². The van der Waals surface area contributed by atoms with Crippen LogP contribution in [0.25, 0.3) is 0 Å². The molecule has 0 radical (unpaired) electrons. The van der Waals surface area contributed by atoms with Gasteiger partial charge < -0.3 is 10.2 Å². The minimum Gasteiger partial charge on any atom is -0.393 e. The van der Waals surface area contributed by atoms with E-state index in [0.29, 0.717) is 11.1 Å². The largest absolute Gasteiger partial charge is 0.393 e. The number of carbonyl (C=O) groups is 2. The number of allylic oxidation sites excluding steroid dienone is 26. The van der Waals surface area contributed by atoms with Gasteiger partial charge in [-0.2, -0.15) is 0 Å². The van der Waals surface area contributed by atoms with E-state index in [9.17, 15) is 19.8 Å². The van der Waals surface area contributed by atoms with Crippen molar-refractivity contribution in [1.82, 2.24) is 0 Å².